The summed E-state index contributed by atoms with van der Waals surface area (Å²) in [6, 6.07) is 5.81. The van der Waals surface area contributed by atoms with E-state index in [0.717, 1.165) is 13.1 Å². The van der Waals surface area contributed by atoms with E-state index in [1.54, 1.807) is 31.4 Å². The fourth-order valence-corrected chi connectivity index (χ4v) is 3.63. The first-order chi connectivity index (χ1) is 12.6. The number of ether oxygens (including phenoxy) is 3. The molecule has 1 aromatic rings. The minimum absolute atomic E-state index is 0.314. The number of likely N-dealkylation sites (N-methyl/N-ethyl adjacent to an activating group) is 1. The van der Waals surface area contributed by atoms with Crippen molar-refractivity contribution in [2.45, 2.75) is 44.4 Å². The van der Waals surface area contributed by atoms with Crippen molar-refractivity contribution in [1.82, 2.24) is 10.2 Å². The van der Waals surface area contributed by atoms with E-state index in [0.29, 0.717) is 18.0 Å². The number of nitrogens with zero attached hydrogens (tertiary/aromatic N) is 1. The molecule has 3 N–H and O–H groups in total. The summed E-state index contributed by atoms with van der Waals surface area (Å²) in [4.78, 5) is 14.5. The van der Waals surface area contributed by atoms with Gasteiger partial charge in [0.15, 0.2) is 6.29 Å². The third-order valence-corrected chi connectivity index (χ3v) is 4.99. The summed E-state index contributed by atoms with van der Waals surface area (Å²) < 4.78 is 16.7. The zero-order chi connectivity index (χ0) is 18.7. The molecule has 2 aliphatic heterocycles. The Morgan fingerprint density at radius 1 is 1.38 bits per heavy atom. The lowest BCUT2D eigenvalue weighted by Crippen LogP contribution is -2.65. The zero-order valence-corrected chi connectivity index (χ0v) is 15.3. The van der Waals surface area contributed by atoms with Gasteiger partial charge in [0.05, 0.1) is 31.9 Å². The Hall–Kier alpha value is -1.87. The highest BCUT2D eigenvalue weighted by Crippen LogP contribution is 2.31. The Balaban J connectivity index is 1.68. The smallest absolute Gasteiger partial charge is 0.319 e. The molecule has 2 fully saturated rings. The predicted molar refractivity (Wildman–Crippen MR) is 96.3 cm³/mol. The lowest BCUT2D eigenvalue weighted by molar-refractivity contribution is -0.179. The first-order valence-electron chi connectivity index (χ1n) is 8.98. The predicted octanol–water partition coefficient (Wildman–Crippen LogP) is 1.01. The van der Waals surface area contributed by atoms with Crippen LogP contribution < -0.4 is 15.4 Å². The van der Waals surface area contributed by atoms with Crippen LogP contribution in [0.25, 0.3) is 0 Å². The number of aliphatic hydroxyl groups is 1. The van der Waals surface area contributed by atoms with Gasteiger partial charge in [-0.2, -0.15) is 0 Å². The van der Waals surface area contributed by atoms with Crippen LogP contribution in [0.4, 0.5) is 10.5 Å². The van der Waals surface area contributed by atoms with E-state index in [1.807, 2.05) is 13.8 Å². The minimum Gasteiger partial charge on any atom is -0.497 e. The van der Waals surface area contributed by atoms with E-state index < -0.39 is 24.5 Å². The number of aliphatic hydroxyl groups excluding tert-OH is 1. The summed E-state index contributed by atoms with van der Waals surface area (Å²) in [5, 5.41) is 16.5. The number of nitrogens with one attached hydrogen (secondary N) is 2. The SMILES string of the molecule is CCN(CC)C1C2OCC(O2)C(NC(=O)Nc2cccc(OC)c2)C1O. The van der Waals surface area contributed by atoms with Gasteiger partial charge in [-0.1, -0.05) is 19.9 Å². The Labute approximate surface area is 153 Å². The molecule has 0 aromatic heterocycles. The fraction of sp³-hybridized carbons (Fsp3) is 0.611. The quantitative estimate of drug-likeness (QED) is 0.697. The van der Waals surface area contributed by atoms with Crippen LogP contribution in [-0.2, 0) is 9.47 Å². The molecule has 5 unspecified atom stereocenters. The molecule has 3 rings (SSSR count). The number of amides is 2. The molecule has 26 heavy (non-hydrogen) atoms. The molecule has 0 aliphatic carbocycles. The van der Waals surface area contributed by atoms with Gasteiger partial charge in [0.25, 0.3) is 0 Å². The standard InChI is InChI=1S/C18H27N3O5/c1-4-21(5-2)15-16(22)14(13-10-25-17(15)26-13)20-18(23)19-11-7-6-8-12(9-11)24-3/h6-9,13-17,22H,4-5,10H2,1-3H3,(H2,19,20,23). The van der Waals surface area contributed by atoms with Gasteiger partial charge in [-0.3, -0.25) is 4.90 Å². The lowest BCUT2D eigenvalue weighted by Gasteiger charge is -2.43. The monoisotopic (exact) mass is 365 g/mol. The van der Waals surface area contributed by atoms with E-state index in [1.165, 1.54) is 0 Å². The molecular formula is C18H27N3O5. The Morgan fingerprint density at radius 2 is 2.15 bits per heavy atom. The molecule has 2 amide bonds. The Morgan fingerprint density at radius 3 is 2.85 bits per heavy atom. The number of rotatable bonds is 6. The first-order valence-corrected chi connectivity index (χ1v) is 8.98. The van der Waals surface area contributed by atoms with Crippen LogP contribution in [0.2, 0.25) is 0 Å². The first kappa shape index (κ1) is 18.9. The van der Waals surface area contributed by atoms with Crippen LogP contribution >= 0.6 is 0 Å². The maximum Gasteiger partial charge on any atom is 0.319 e. The second-order valence-corrected chi connectivity index (χ2v) is 6.43. The van der Waals surface area contributed by atoms with Crippen LogP contribution in [0.15, 0.2) is 24.3 Å². The summed E-state index contributed by atoms with van der Waals surface area (Å²) in [5.74, 6) is 0.650. The summed E-state index contributed by atoms with van der Waals surface area (Å²) in [5.41, 5.74) is 0.605. The van der Waals surface area contributed by atoms with Crippen molar-refractivity contribution in [3.8, 4) is 5.75 Å². The Kier molecular flexibility index (Phi) is 5.98. The molecule has 1 aromatic carbocycles. The number of anilines is 1. The highest BCUT2D eigenvalue weighted by molar-refractivity contribution is 5.89. The van der Waals surface area contributed by atoms with Gasteiger partial charge in [-0.05, 0) is 25.2 Å². The summed E-state index contributed by atoms with van der Waals surface area (Å²) in [7, 11) is 1.57. The van der Waals surface area contributed by atoms with E-state index in [9.17, 15) is 9.90 Å². The molecule has 144 valence electrons. The molecule has 0 radical (unpaired) electrons. The summed E-state index contributed by atoms with van der Waals surface area (Å²) in [6.07, 6.45) is -1.61. The van der Waals surface area contributed by atoms with Crippen LogP contribution in [0.5, 0.6) is 5.75 Å². The molecule has 5 atom stereocenters. The number of methoxy groups -OCH3 is 1. The molecule has 8 nitrogen and oxygen atoms in total. The highest BCUT2D eigenvalue weighted by atomic mass is 16.7. The molecule has 2 saturated heterocycles. The molecule has 0 spiro atoms. The Bertz CT molecular complexity index is 623. The fourth-order valence-electron chi connectivity index (χ4n) is 3.63. The second-order valence-electron chi connectivity index (χ2n) is 6.43. The van der Waals surface area contributed by atoms with Gasteiger partial charge < -0.3 is 30.0 Å². The number of hydrogen-bond donors (Lipinski definition) is 3. The van der Waals surface area contributed by atoms with Crippen molar-refractivity contribution in [2.75, 3.05) is 32.1 Å². The third-order valence-electron chi connectivity index (χ3n) is 4.99. The molecule has 2 bridgehead atoms. The number of carbonyl (C=O) groups is 1. The van der Waals surface area contributed by atoms with E-state index in [-0.39, 0.29) is 12.1 Å². The van der Waals surface area contributed by atoms with E-state index in [4.69, 9.17) is 14.2 Å². The van der Waals surface area contributed by atoms with Crippen molar-refractivity contribution in [2.24, 2.45) is 0 Å². The van der Waals surface area contributed by atoms with Gasteiger partial charge in [0, 0.05) is 11.8 Å². The van der Waals surface area contributed by atoms with E-state index in [2.05, 4.69) is 15.5 Å². The van der Waals surface area contributed by atoms with Gasteiger partial charge >= 0.3 is 6.03 Å². The molecule has 8 heteroatoms. The zero-order valence-electron chi connectivity index (χ0n) is 15.3. The molecular weight excluding hydrogens is 338 g/mol. The maximum absolute atomic E-state index is 12.4. The largest absolute Gasteiger partial charge is 0.497 e. The molecule has 2 heterocycles. The van der Waals surface area contributed by atoms with Gasteiger partial charge in [-0.25, -0.2) is 4.79 Å². The third kappa shape index (κ3) is 3.78. The second kappa shape index (κ2) is 8.22. The van der Waals surface area contributed by atoms with Crippen LogP contribution in [0.3, 0.4) is 0 Å². The number of carbonyl (C=O) groups excluding carboxylic acids is 1. The number of hydrogen-bond acceptors (Lipinski definition) is 6. The lowest BCUT2D eigenvalue weighted by atomic mass is 9.95. The maximum atomic E-state index is 12.4. The van der Waals surface area contributed by atoms with Crippen molar-refractivity contribution >= 4 is 11.7 Å². The van der Waals surface area contributed by atoms with Crippen LogP contribution in [0.1, 0.15) is 13.8 Å². The average Bonchev–Trinajstić information content (AvgIpc) is 3.08. The van der Waals surface area contributed by atoms with Crippen LogP contribution in [0, 0.1) is 0 Å². The van der Waals surface area contributed by atoms with E-state index >= 15 is 0 Å². The topological polar surface area (TPSA) is 92.3 Å². The minimum atomic E-state index is -0.780. The molecule has 2 aliphatic rings. The van der Waals surface area contributed by atoms with Gasteiger partial charge in [0.2, 0.25) is 0 Å². The van der Waals surface area contributed by atoms with Crippen molar-refractivity contribution in [1.29, 1.82) is 0 Å². The van der Waals surface area contributed by atoms with Crippen molar-refractivity contribution in [3.63, 3.8) is 0 Å². The van der Waals surface area contributed by atoms with Crippen molar-refractivity contribution in [3.05, 3.63) is 24.3 Å². The van der Waals surface area contributed by atoms with Gasteiger partial charge in [-0.15, -0.1) is 0 Å². The normalized spacial score (nSPS) is 30.3. The van der Waals surface area contributed by atoms with Crippen molar-refractivity contribution < 1.29 is 24.1 Å². The summed E-state index contributed by atoms with van der Waals surface area (Å²) in [6.45, 7) is 5.91. The highest BCUT2D eigenvalue weighted by Gasteiger charge is 2.52. The van der Waals surface area contributed by atoms with Crippen LogP contribution in [-0.4, -0.2) is 73.4 Å². The average molecular weight is 365 g/mol. The summed E-state index contributed by atoms with van der Waals surface area (Å²) >= 11 is 0. The number of urea groups is 1. The van der Waals surface area contributed by atoms with Gasteiger partial charge in [0.1, 0.15) is 11.9 Å². The molecule has 0 saturated carbocycles. The number of fused-ring (bicyclic) bond motifs is 2. The number of benzene rings is 1.